The second kappa shape index (κ2) is 3.45. The van der Waals surface area contributed by atoms with E-state index in [1.807, 2.05) is 0 Å². The second-order valence-electron chi connectivity index (χ2n) is 5.53. The zero-order chi connectivity index (χ0) is 14.4. The van der Waals surface area contributed by atoms with E-state index in [1.54, 1.807) is 32.1 Å². The molecular weight excluding hydrogens is 232 g/mol. The van der Waals surface area contributed by atoms with Gasteiger partial charge in [0, 0.05) is 0 Å². The molecule has 1 fully saturated rings. The minimum absolute atomic E-state index is 0.0440. The average molecular weight is 246 g/mol. The van der Waals surface area contributed by atoms with Gasteiger partial charge in [0.2, 0.25) is 5.91 Å². The molecule has 2 atom stereocenters. The fraction of sp³-hybridized carbons (Fsp3) is 0.667. The number of nitriles is 3. The predicted molar refractivity (Wildman–Crippen MR) is 59.9 cm³/mol. The Morgan fingerprint density at radius 2 is 1.61 bits per heavy atom. The zero-order valence-electron chi connectivity index (χ0n) is 10.5. The van der Waals surface area contributed by atoms with E-state index in [9.17, 15) is 25.7 Å². The van der Waals surface area contributed by atoms with Crippen molar-refractivity contribution in [3.8, 4) is 18.2 Å². The van der Waals surface area contributed by atoms with Gasteiger partial charge in [-0.15, -0.1) is 0 Å². The highest BCUT2D eigenvalue weighted by molar-refractivity contribution is 5.88. The lowest BCUT2D eigenvalue weighted by Gasteiger charge is -2.38. The van der Waals surface area contributed by atoms with Crippen molar-refractivity contribution >= 4 is 5.91 Å². The van der Waals surface area contributed by atoms with Gasteiger partial charge in [0.15, 0.2) is 10.8 Å². The number of primary amides is 1. The third-order valence-electron chi connectivity index (χ3n) is 4.04. The number of carbonyl (C=O) groups excluding carboxylic acids is 1. The van der Waals surface area contributed by atoms with Crippen molar-refractivity contribution in [2.24, 2.45) is 22.0 Å². The molecule has 0 aliphatic heterocycles. The first-order chi connectivity index (χ1) is 8.08. The molecule has 0 radical (unpaired) electrons. The largest absolute Gasteiger partial charge is 0.387 e. The summed E-state index contributed by atoms with van der Waals surface area (Å²) in [5.74, 6) is -1.06. The van der Waals surface area contributed by atoms with Gasteiger partial charge in [-0.2, -0.15) is 15.8 Å². The fourth-order valence-corrected chi connectivity index (χ4v) is 3.28. The van der Waals surface area contributed by atoms with Crippen molar-refractivity contribution in [3.05, 3.63) is 0 Å². The van der Waals surface area contributed by atoms with Crippen LogP contribution < -0.4 is 5.73 Å². The summed E-state index contributed by atoms with van der Waals surface area (Å²) in [6.07, 6.45) is -0.0440. The van der Waals surface area contributed by atoms with Gasteiger partial charge in [-0.3, -0.25) is 4.79 Å². The normalized spacial score (nSPS) is 36.1. The SMILES string of the molecule is CC1(C)CC(C)(O)C(C#N)(C#N)C1(C#N)C(N)=O. The highest BCUT2D eigenvalue weighted by Gasteiger charge is 2.78. The first kappa shape index (κ1) is 14.0. The van der Waals surface area contributed by atoms with Gasteiger partial charge < -0.3 is 10.8 Å². The Morgan fingerprint density at radius 1 is 1.17 bits per heavy atom. The van der Waals surface area contributed by atoms with Crippen LogP contribution in [0.1, 0.15) is 27.2 Å². The first-order valence-electron chi connectivity index (χ1n) is 5.34. The Hall–Kier alpha value is -2.10. The van der Waals surface area contributed by atoms with E-state index >= 15 is 0 Å². The minimum Gasteiger partial charge on any atom is -0.387 e. The Bertz CT molecular complexity index is 516. The molecule has 0 bridgehead atoms. The number of aliphatic hydroxyl groups is 1. The standard InChI is InChI=1S/C12H14N4O2/c1-9(2)4-10(3,18)11(5-13,6-14)12(9,7-15)8(16)17/h18H,4H2,1-3H3,(H2,16,17). The monoisotopic (exact) mass is 246 g/mol. The summed E-state index contributed by atoms with van der Waals surface area (Å²) < 4.78 is 0. The number of carbonyl (C=O) groups is 1. The Morgan fingerprint density at radius 3 is 1.83 bits per heavy atom. The number of hydrogen-bond acceptors (Lipinski definition) is 5. The maximum absolute atomic E-state index is 11.8. The summed E-state index contributed by atoms with van der Waals surface area (Å²) in [5, 5.41) is 38.4. The van der Waals surface area contributed by atoms with Gasteiger partial charge in [0.25, 0.3) is 0 Å². The fourth-order valence-electron chi connectivity index (χ4n) is 3.28. The van der Waals surface area contributed by atoms with Gasteiger partial charge in [0.05, 0.1) is 23.8 Å². The lowest BCUT2D eigenvalue weighted by Crippen LogP contribution is -2.56. The van der Waals surface area contributed by atoms with E-state index < -0.39 is 27.8 Å². The lowest BCUT2D eigenvalue weighted by molar-refractivity contribution is -0.134. The van der Waals surface area contributed by atoms with Crippen molar-refractivity contribution in [1.82, 2.24) is 0 Å². The van der Waals surface area contributed by atoms with E-state index in [0.29, 0.717) is 0 Å². The Labute approximate surface area is 105 Å². The summed E-state index contributed by atoms with van der Waals surface area (Å²) in [4.78, 5) is 11.8. The number of hydrogen-bond donors (Lipinski definition) is 2. The van der Waals surface area contributed by atoms with Crippen LogP contribution in [-0.2, 0) is 4.79 Å². The van der Waals surface area contributed by atoms with Crippen molar-refractivity contribution in [2.75, 3.05) is 0 Å². The molecule has 6 nitrogen and oxygen atoms in total. The summed E-state index contributed by atoms with van der Waals surface area (Å²) in [5.41, 5.74) is -1.80. The maximum Gasteiger partial charge on any atom is 0.241 e. The molecule has 1 rings (SSSR count). The topological polar surface area (TPSA) is 135 Å². The van der Waals surface area contributed by atoms with Gasteiger partial charge in [0.1, 0.15) is 0 Å². The number of nitrogens with two attached hydrogens (primary N) is 1. The third kappa shape index (κ3) is 1.10. The average Bonchev–Trinajstić information content (AvgIpc) is 2.36. The van der Waals surface area contributed by atoms with Crippen LogP contribution in [0.5, 0.6) is 0 Å². The van der Waals surface area contributed by atoms with Crippen LogP contribution in [0.3, 0.4) is 0 Å². The molecule has 1 aliphatic carbocycles. The number of amides is 1. The molecule has 0 aromatic rings. The molecule has 0 heterocycles. The van der Waals surface area contributed by atoms with Gasteiger partial charge >= 0.3 is 0 Å². The predicted octanol–water partition coefficient (Wildman–Crippen LogP) is 0.196. The number of nitrogens with zero attached hydrogens (tertiary/aromatic N) is 3. The molecular formula is C12H14N4O2. The summed E-state index contributed by atoms with van der Waals surface area (Å²) in [6, 6.07) is 5.06. The molecule has 18 heavy (non-hydrogen) atoms. The Kier molecular flexibility index (Phi) is 2.67. The van der Waals surface area contributed by atoms with Gasteiger partial charge in [-0.25, -0.2) is 0 Å². The molecule has 6 heteroatoms. The first-order valence-corrected chi connectivity index (χ1v) is 5.34. The molecule has 1 amide bonds. The maximum atomic E-state index is 11.8. The summed E-state index contributed by atoms with van der Waals surface area (Å²) >= 11 is 0. The highest BCUT2D eigenvalue weighted by atomic mass is 16.3. The van der Waals surface area contributed by atoms with E-state index in [-0.39, 0.29) is 6.42 Å². The van der Waals surface area contributed by atoms with E-state index in [4.69, 9.17) is 5.73 Å². The van der Waals surface area contributed by atoms with Crippen LogP contribution in [0.15, 0.2) is 0 Å². The molecule has 0 saturated heterocycles. The molecule has 0 spiro atoms. The van der Waals surface area contributed by atoms with Crippen LogP contribution in [0.2, 0.25) is 0 Å². The van der Waals surface area contributed by atoms with E-state index in [0.717, 1.165) is 0 Å². The molecule has 94 valence electrons. The minimum atomic E-state index is -2.18. The molecule has 1 aliphatic rings. The van der Waals surface area contributed by atoms with Crippen LogP contribution >= 0.6 is 0 Å². The molecule has 1 saturated carbocycles. The van der Waals surface area contributed by atoms with Gasteiger partial charge in [-0.05, 0) is 18.8 Å². The second-order valence-corrected chi connectivity index (χ2v) is 5.53. The lowest BCUT2D eigenvalue weighted by atomic mass is 9.57. The zero-order valence-corrected chi connectivity index (χ0v) is 10.5. The summed E-state index contributed by atoms with van der Waals surface area (Å²) in [6.45, 7) is 4.38. The quantitative estimate of drug-likeness (QED) is 0.681. The Balaban J connectivity index is 3.87. The van der Waals surface area contributed by atoms with E-state index in [2.05, 4.69) is 0 Å². The van der Waals surface area contributed by atoms with Crippen LogP contribution in [0.4, 0.5) is 0 Å². The summed E-state index contributed by atoms with van der Waals surface area (Å²) in [7, 11) is 0. The van der Waals surface area contributed by atoms with Crippen LogP contribution in [0, 0.1) is 50.2 Å². The number of rotatable bonds is 1. The van der Waals surface area contributed by atoms with E-state index in [1.165, 1.54) is 6.92 Å². The van der Waals surface area contributed by atoms with Crippen LogP contribution in [0.25, 0.3) is 0 Å². The highest BCUT2D eigenvalue weighted by Crippen LogP contribution is 2.66. The van der Waals surface area contributed by atoms with Crippen molar-refractivity contribution < 1.29 is 9.90 Å². The van der Waals surface area contributed by atoms with Crippen molar-refractivity contribution in [2.45, 2.75) is 32.8 Å². The van der Waals surface area contributed by atoms with Crippen LogP contribution in [-0.4, -0.2) is 16.6 Å². The molecule has 3 N–H and O–H groups in total. The molecule has 0 aromatic heterocycles. The van der Waals surface area contributed by atoms with Gasteiger partial charge in [-0.1, -0.05) is 13.8 Å². The molecule has 2 unspecified atom stereocenters. The van der Waals surface area contributed by atoms with Crippen molar-refractivity contribution in [3.63, 3.8) is 0 Å². The molecule has 0 aromatic carbocycles. The smallest absolute Gasteiger partial charge is 0.241 e. The van der Waals surface area contributed by atoms with Crippen molar-refractivity contribution in [1.29, 1.82) is 15.8 Å². The third-order valence-corrected chi connectivity index (χ3v) is 4.04.